The molecule has 0 saturated heterocycles. The average Bonchev–Trinajstić information content (AvgIpc) is 2.96. The molecule has 24 heavy (non-hydrogen) atoms. The first-order valence-electron chi connectivity index (χ1n) is 7.75. The minimum atomic E-state index is 0. The molecule has 0 amide bonds. The summed E-state index contributed by atoms with van der Waals surface area (Å²) >= 11 is 0. The number of guanidine groups is 1. The van der Waals surface area contributed by atoms with E-state index in [0.717, 1.165) is 29.4 Å². The second-order valence-electron chi connectivity index (χ2n) is 5.39. The third kappa shape index (κ3) is 6.03. The van der Waals surface area contributed by atoms with Crippen LogP contribution in [0.15, 0.2) is 35.6 Å². The summed E-state index contributed by atoms with van der Waals surface area (Å²) in [6.45, 7) is 6.16. The third-order valence-electron chi connectivity index (χ3n) is 3.41. The monoisotopic (exact) mass is 443 g/mol. The fraction of sp³-hybridized carbons (Fsp3) is 0.412. The van der Waals surface area contributed by atoms with Gasteiger partial charge in [0.05, 0.1) is 19.9 Å². The Morgan fingerprint density at radius 2 is 2.12 bits per heavy atom. The molecule has 1 aromatic heterocycles. The van der Waals surface area contributed by atoms with Gasteiger partial charge in [0.25, 0.3) is 0 Å². The van der Waals surface area contributed by atoms with E-state index in [0.29, 0.717) is 13.1 Å². The average molecular weight is 443 g/mol. The van der Waals surface area contributed by atoms with Gasteiger partial charge >= 0.3 is 0 Å². The van der Waals surface area contributed by atoms with Crippen LogP contribution in [-0.2, 0) is 20.1 Å². The number of ether oxygens (including phenoxy) is 1. The Bertz CT molecular complexity index is 669. The molecule has 2 rings (SSSR count). The van der Waals surface area contributed by atoms with Crippen molar-refractivity contribution in [3.8, 4) is 5.75 Å². The number of nitrogens with zero attached hydrogens (tertiary/aromatic N) is 3. The Labute approximate surface area is 160 Å². The van der Waals surface area contributed by atoms with Crippen molar-refractivity contribution in [3.05, 3.63) is 47.3 Å². The summed E-state index contributed by atoms with van der Waals surface area (Å²) in [5.74, 6) is 1.67. The smallest absolute Gasteiger partial charge is 0.191 e. The van der Waals surface area contributed by atoms with Crippen molar-refractivity contribution in [2.75, 3.05) is 13.7 Å². The summed E-state index contributed by atoms with van der Waals surface area (Å²) in [4.78, 5) is 4.59. The van der Waals surface area contributed by atoms with Gasteiger partial charge in [-0.25, -0.2) is 4.99 Å². The van der Waals surface area contributed by atoms with Crippen LogP contribution in [0.3, 0.4) is 0 Å². The quantitative estimate of drug-likeness (QED) is 0.410. The van der Waals surface area contributed by atoms with Gasteiger partial charge in [0.15, 0.2) is 5.96 Å². The summed E-state index contributed by atoms with van der Waals surface area (Å²) in [6.07, 6.45) is 3.80. The van der Waals surface area contributed by atoms with Crippen LogP contribution in [0, 0.1) is 6.92 Å². The van der Waals surface area contributed by atoms with Crippen LogP contribution in [0.1, 0.15) is 23.6 Å². The Morgan fingerprint density at radius 3 is 2.75 bits per heavy atom. The highest BCUT2D eigenvalue weighted by Gasteiger charge is 2.05. The maximum absolute atomic E-state index is 5.44. The maximum atomic E-state index is 5.44. The Hall–Kier alpha value is -1.77. The Kier molecular flexibility index (Phi) is 8.59. The van der Waals surface area contributed by atoms with Crippen LogP contribution in [0.4, 0.5) is 0 Å². The largest absolute Gasteiger partial charge is 0.496 e. The van der Waals surface area contributed by atoms with Crippen molar-refractivity contribution < 1.29 is 4.74 Å². The SMILES string of the molecule is CCNC(=NCc1cnn(C)c1)NCc1ccc(C)cc1OC.I. The number of aliphatic imine (C=N–C) groups is 1. The van der Waals surface area contributed by atoms with E-state index in [1.54, 1.807) is 11.8 Å². The molecular weight excluding hydrogens is 417 g/mol. The van der Waals surface area contributed by atoms with Gasteiger partial charge in [-0.2, -0.15) is 5.10 Å². The Balaban J connectivity index is 0.00000288. The Morgan fingerprint density at radius 1 is 1.33 bits per heavy atom. The van der Waals surface area contributed by atoms with Crippen LogP contribution in [0.2, 0.25) is 0 Å². The van der Waals surface area contributed by atoms with Crippen LogP contribution in [0.5, 0.6) is 5.75 Å². The molecule has 0 saturated carbocycles. The number of hydrogen-bond acceptors (Lipinski definition) is 3. The number of methoxy groups -OCH3 is 1. The number of aryl methyl sites for hydroxylation is 2. The van der Waals surface area contributed by atoms with Gasteiger partial charge in [-0.15, -0.1) is 24.0 Å². The van der Waals surface area contributed by atoms with Crippen molar-refractivity contribution in [1.29, 1.82) is 0 Å². The van der Waals surface area contributed by atoms with Gasteiger partial charge in [0.1, 0.15) is 5.75 Å². The van der Waals surface area contributed by atoms with Gasteiger partial charge in [0.2, 0.25) is 0 Å². The molecule has 2 aromatic rings. The van der Waals surface area contributed by atoms with E-state index in [9.17, 15) is 0 Å². The summed E-state index contributed by atoms with van der Waals surface area (Å²) in [5.41, 5.74) is 3.37. The minimum Gasteiger partial charge on any atom is -0.496 e. The molecule has 0 radical (unpaired) electrons. The van der Waals surface area contributed by atoms with Gasteiger partial charge in [-0.1, -0.05) is 12.1 Å². The lowest BCUT2D eigenvalue weighted by atomic mass is 10.1. The molecule has 2 N–H and O–H groups in total. The van der Waals surface area contributed by atoms with Crippen molar-refractivity contribution >= 4 is 29.9 Å². The second-order valence-corrected chi connectivity index (χ2v) is 5.39. The topological polar surface area (TPSA) is 63.5 Å². The first-order chi connectivity index (χ1) is 11.1. The molecule has 0 aliphatic heterocycles. The van der Waals surface area contributed by atoms with Gasteiger partial charge in [-0.3, -0.25) is 4.68 Å². The first-order valence-corrected chi connectivity index (χ1v) is 7.75. The standard InChI is InChI=1S/C17H25N5O.HI/c1-5-18-17(19-9-14-10-21-22(3)12-14)20-11-15-7-6-13(2)8-16(15)23-4;/h6-8,10,12H,5,9,11H2,1-4H3,(H2,18,19,20);1H. The molecule has 0 bridgehead atoms. The first kappa shape index (κ1) is 20.3. The molecule has 6 nitrogen and oxygen atoms in total. The normalized spacial score (nSPS) is 10.9. The van der Waals surface area contributed by atoms with E-state index in [2.05, 4.69) is 39.8 Å². The maximum Gasteiger partial charge on any atom is 0.191 e. The van der Waals surface area contributed by atoms with Gasteiger partial charge in [-0.05, 0) is 25.5 Å². The van der Waals surface area contributed by atoms with Crippen LogP contribution < -0.4 is 15.4 Å². The molecule has 0 aliphatic rings. The number of aromatic nitrogens is 2. The fourth-order valence-corrected chi connectivity index (χ4v) is 2.24. The molecule has 0 fully saturated rings. The van der Waals surface area contributed by atoms with Crippen molar-refractivity contribution in [3.63, 3.8) is 0 Å². The van der Waals surface area contributed by atoms with E-state index < -0.39 is 0 Å². The van der Waals surface area contributed by atoms with Crippen LogP contribution in [-0.4, -0.2) is 29.4 Å². The number of nitrogens with one attached hydrogen (secondary N) is 2. The van der Waals surface area contributed by atoms with Gasteiger partial charge in [0, 0.05) is 37.5 Å². The van der Waals surface area contributed by atoms with E-state index in [4.69, 9.17) is 4.74 Å². The van der Waals surface area contributed by atoms with Crippen LogP contribution in [0.25, 0.3) is 0 Å². The van der Waals surface area contributed by atoms with E-state index >= 15 is 0 Å². The highest BCUT2D eigenvalue weighted by atomic mass is 127. The second kappa shape index (κ2) is 10.2. The highest BCUT2D eigenvalue weighted by Crippen LogP contribution is 2.19. The molecule has 1 heterocycles. The van der Waals surface area contributed by atoms with Crippen molar-refractivity contribution in [1.82, 2.24) is 20.4 Å². The predicted octanol–water partition coefficient (Wildman–Crippen LogP) is 2.61. The number of rotatable bonds is 6. The summed E-state index contributed by atoms with van der Waals surface area (Å²) in [7, 11) is 3.60. The molecule has 0 unspecified atom stereocenters. The third-order valence-corrected chi connectivity index (χ3v) is 3.41. The minimum absolute atomic E-state index is 0. The molecular formula is C17H26IN5O. The van der Waals surface area contributed by atoms with Crippen molar-refractivity contribution in [2.24, 2.45) is 12.0 Å². The molecule has 0 spiro atoms. The number of hydrogen-bond donors (Lipinski definition) is 2. The molecule has 7 heteroatoms. The van der Waals surface area contributed by atoms with E-state index in [1.165, 1.54) is 5.56 Å². The molecule has 132 valence electrons. The summed E-state index contributed by atoms with van der Waals surface area (Å²) in [5, 5.41) is 10.7. The zero-order valence-corrected chi connectivity index (χ0v) is 17.0. The zero-order valence-electron chi connectivity index (χ0n) is 14.7. The van der Waals surface area contributed by atoms with Crippen LogP contribution >= 0.6 is 24.0 Å². The number of halogens is 1. The summed E-state index contributed by atoms with van der Waals surface area (Å²) in [6, 6.07) is 6.20. The summed E-state index contributed by atoms with van der Waals surface area (Å²) < 4.78 is 7.22. The number of benzene rings is 1. The lowest BCUT2D eigenvalue weighted by Crippen LogP contribution is -2.36. The predicted molar refractivity (Wildman–Crippen MR) is 108 cm³/mol. The lowest BCUT2D eigenvalue weighted by molar-refractivity contribution is 0.408. The highest BCUT2D eigenvalue weighted by molar-refractivity contribution is 14.0. The van der Waals surface area contributed by atoms with E-state index in [1.807, 2.05) is 32.4 Å². The van der Waals surface area contributed by atoms with E-state index in [-0.39, 0.29) is 24.0 Å². The van der Waals surface area contributed by atoms with Crippen molar-refractivity contribution in [2.45, 2.75) is 26.9 Å². The molecule has 0 atom stereocenters. The zero-order chi connectivity index (χ0) is 16.7. The molecule has 0 aliphatic carbocycles. The van der Waals surface area contributed by atoms with Gasteiger partial charge < -0.3 is 15.4 Å². The fourth-order valence-electron chi connectivity index (χ4n) is 2.24. The lowest BCUT2D eigenvalue weighted by Gasteiger charge is -2.13. The molecule has 1 aromatic carbocycles.